The van der Waals surface area contributed by atoms with E-state index in [0.717, 1.165) is 27.9 Å². The van der Waals surface area contributed by atoms with Crippen LogP contribution in [-0.2, 0) is 16.1 Å². The number of furan rings is 1. The Balaban J connectivity index is 1.92. The van der Waals surface area contributed by atoms with Gasteiger partial charge < -0.3 is 15.1 Å². The van der Waals surface area contributed by atoms with Gasteiger partial charge >= 0.3 is 11.8 Å². The largest absolute Gasteiger partial charge is 0.467 e. The molecule has 0 fully saturated rings. The molecule has 2 aromatic rings. The fraction of sp³-hybridized carbons (Fsp3) is 0.316. The van der Waals surface area contributed by atoms with Crippen LogP contribution in [-0.4, -0.2) is 24.6 Å². The monoisotopic (exact) mass is 434 g/mol. The van der Waals surface area contributed by atoms with Crippen LogP contribution in [0.1, 0.15) is 31.6 Å². The molecule has 7 nitrogen and oxygen atoms in total. The second kappa shape index (κ2) is 10.5. The first-order chi connectivity index (χ1) is 13.0. The Labute approximate surface area is 166 Å². The van der Waals surface area contributed by atoms with Crippen LogP contribution in [0.3, 0.4) is 0 Å². The SMILES string of the molecule is CC(C)CCNC(=O)C(=O)N/N=C\c1cc(Br)ccc1NCc1ccco1. The van der Waals surface area contributed by atoms with Gasteiger partial charge in [-0.05, 0) is 42.7 Å². The highest BCUT2D eigenvalue weighted by Gasteiger charge is 2.12. The smallest absolute Gasteiger partial charge is 0.329 e. The molecule has 2 rings (SSSR count). The van der Waals surface area contributed by atoms with E-state index < -0.39 is 11.8 Å². The molecule has 0 spiro atoms. The summed E-state index contributed by atoms with van der Waals surface area (Å²) in [6.07, 6.45) is 3.91. The first kappa shape index (κ1) is 20.7. The van der Waals surface area contributed by atoms with Crippen LogP contribution < -0.4 is 16.1 Å². The summed E-state index contributed by atoms with van der Waals surface area (Å²) in [6, 6.07) is 9.32. The van der Waals surface area contributed by atoms with Gasteiger partial charge in [0.05, 0.1) is 19.0 Å². The fourth-order valence-electron chi connectivity index (χ4n) is 2.16. The van der Waals surface area contributed by atoms with Crippen molar-refractivity contribution in [3.8, 4) is 0 Å². The summed E-state index contributed by atoms with van der Waals surface area (Å²) in [6.45, 7) is 5.07. The number of nitrogens with zero attached hydrogens (tertiary/aromatic N) is 1. The van der Waals surface area contributed by atoms with Crippen LogP contribution in [0.15, 0.2) is 50.6 Å². The molecule has 0 aliphatic heterocycles. The topological polar surface area (TPSA) is 95.7 Å². The summed E-state index contributed by atoms with van der Waals surface area (Å²) in [4.78, 5) is 23.5. The second-order valence-corrected chi connectivity index (χ2v) is 7.22. The molecule has 0 bridgehead atoms. The average Bonchev–Trinajstić information content (AvgIpc) is 3.14. The lowest BCUT2D eigenvalue weighted by molar-refractivity contribution is -0.139. The molecule has 0 aliphatic rings. The molecule has 0 atom stereocenters. The number of hydrazone groups is 1. The van der Waals surface area contributed by atoms with E-state index in [1.165, 1.54) is 6.21 Å². The van der Waals surface area contributed by atoms with Crippen molar-refractivity contribution in [1.82, 2.24) is 10.7 Å². The third-order valence-electron chi connectivity index (χ3n) is 3.63. The Bertz CT molecular complexity index is 788. The van der Waals surface area contributed by atoms with Gasteiger partial charge in [0.15, 0.2) is 0 Å². The van der Waals surface area contributed by atoms with Crippen molar-refractivity contribution in [1.29, 1.82) is 0 Å². The molecule has 3 N–H and O–H groups in total. The highest BCUT2D eigenvalue weighted by atomic mass is 79.9. The van der Waals surface area contributed by atoms with Crippen molar-refractivity contribution < 1.29 is 14.0 Å². The molecule has 1 aromatic carbocycles. The molecule has 0 radical (unpaired) electrons. The lowest BCUT2D eigenvalue weighted by atomic mass is 10.1. The van der Waals surface area contributed by atoms with Crippen molar-refractivity contribution in [2.75, 3.05) is 11.9 Å². The zero-order valence-electron chi connectivity index (χ0n) is 15.3. The summed E-state index contributed by atoms with van der Waals surface area (Å²) in [5.41, 5.74) is 3.80. The molecule has 8 heteroatoms. The summed E-state index contributed by atoms with van der Waals surface area (Å²) in [5.74, 6) is -0.240. The van der Waals surface area contributed by atoms with E-state index in [1.807, 2.05) is 44.2 Å². The van der Waals surface area contributed by atoms with Gasteiger partial charge in [-0.15, -0.1) is 0 Å². The minimum atomic E-state index is -0.796. The van der Waals surface area contributed by atoms with E-state index >= 15 is 0 Å². The van der Waals surface area contributed by atoms with Crippen molar-refractivity contribution in [2.45, 2.75) is 26.8 Å². The standard InChI is InChI=1S/C19H23BrN4O3/c1-13(2)7-8-21-18(25)19(26)24-23-11-14-10-15(20)5-6-17(14)22-12-16-4-3-9-27-16/h3-6,9-11,13,22H,7-8,12H2,1-2H3,(H,21,25)(H,24,26)/b23-11-. The quantitative estimate of drug-likeness (QED) is 0.337. The Morgan fingerprint density at radius 2 is 2.07 bits per heavy atom. The van der Waals surface area contributed by atoms with Crippen molar-refractivity contribution >= 4 is 39.6 Å². The number of carbonyl (C=O) groups is 2. The molecule has 0 unspecified atom stereocenters. The van der Waals surface area contributed by atoms with Crippen LogP contribution >= 0.6 is 15.9 Å². The van der Waals surface area contributed by atoms with Crippen LogP contribution in [0, 0.1) is 5.92 Å². The third kappa shape index (κ3) is 7.26. The molecule has 1 heterocycles. The predicted octanol–water partition coefficient (Wildman–Crippen LogP) is 3.27. The number of carbonyl (C=O) groups excluding carboxylic acids is 2. The van der Waals surface area contributed by atoms with Gasteiger partial charge in [-0.25, -0.2) is 5.43 Å². The van der Waals surface area contributed by atoms with Crippen LogP contribution in [0.4, 0.5) is 5.69 Å². The number of benzene rings is 1. The highest BCUT2D eigenvalue weighted by molar-refractivity contribution is 9.10. The third-order valence-corrected chi connectivity index (χ3v) is 4.12. The van der Waals surface area contributed by atoms with Crippen molar-refractivity contribution in [3.05, 3.63) is 52.4 Å². The first-order valence-electron chi connectivity index (χ1n) is 8.62. The fourth-order valence-corrected chi connectivity index (χ4v) is 2.54. The number of amides is 2. The maximum atomic E-state index is 11.8. The molecule has 0 saturated carbocycles. The minimum absolute atomic E-state index is 0.454. The van der Waals surface area contributed by atoms with Gasteiger partial charge in [-0.1, -0.05) is 29.8 Å². The van der Waals surface area contributed by atoms with Gasteiger partial charge in [-0.3, -0.25) is 9.59 Å². The highest BCUT2D eigenvalue weighted by Crippen LogP contribution is 2.20. The normalized spacial score (nSPS) is 11.0. The van der Waals surface area contributed by atoms with Crippen LogP contribution in [0.2, 0.25) is 0 Å². The molecule has 0 aliphatic carbocycles. The van der Waals surface area contributed by atoms with E-state index in [1.54, 1.807) is 6.26 Å². The van der Waals surface area contributed by atoms with Gasteiger partial charge in [0.2, 0.25) is 0 Å². The number of halogens is 1. The van der Waals surface area contributed by atoms with E-state index in [2.05, 4.69) is 37.1 Å². The Morgan fingerprint density at radius 1 is 1.26 bits per heavy atom. The molecule has 0 saturated heterocycles. The van der Waals surface area contributed by atoms with E-state index in [4.69, 9.17) is 4.42 Å². The van der Waals surface area contributed by atoms with Gasteiger partial charge in [0.1, 0.15) is 5.76 Å². The predicted molar refractivity (Wildman–Crippen MR) is 108 cm³/mol. The van der Waals surface area contributed by atoms with Crippen molar-refractivity contribution in [2.24, 2.45) is 11.0 Å². The van der Waals surface area contributed by atoms with Gasteiger partial charge in [-0.2, -0.15) is 5.10 Å². The number of rotatable bonds is 8. The summed E-state index contributed by atoms with van der Waals surface area (Å²) < 4.78 is 6.16. The van der Waals surface area contributed by atoms with E-state index in [9.17, 15) is 9.59 Å². The summed E-state index contributed by atoms with van der Waals surface area (Å²) in [7, 11) is 0. The maximum Gasteiger partial charge on any atom is 0.329 e. The Kier molecular flexibility index (Phi) is 8.06. The number of hydrogen-bond acceptors (Lipinski definition) is 5. The summed E-state index contributed by atoms with van der Waals surface area (Å²) in [5, 5.41) is 9.69. The molecule has 27 heavy (non-hydrogen) atoms. The first-order valence-corrected chi connectivity index (χ1v) is 9.42. The van der Waals surface area contributed by atoms with Gasteiger partial charge in [0.25, 0.3) is 0 Å². The molecular weight excluding hydrogens is 412 g/mol. The average molecular weight is 435 g/mol. The number of anilines is 1. The zero-order valence-corrected chi connectivity index (χ0v) is 16.9. The minimum Gasteiger partial charge on any atom is -0.467 e. The van der Waals surface area contributed by atoms with Crippen LogP contribution in [0.5, 0.6) is 0 Å². The number of hydrogen-bond donors (Lipinski definition) is 3. The Morgan fingerprint density at radius 3 is 2.78 bits per heavy atom. The molecule has 2 amide bonds. The van der Waals surface area contributed by atoms with Crippen molar-refractivity contribution in [3.63, 3.8) is 0 Å². The molecule has 1 aromatic heterocycles. The maximum absolute atomic E-state index is 11.8. The molecular formula is C19H23BrN4O3. The Hall–Kier alpha value is -2.61. The van der Waals surface area contributed by atoms with Crippen LogP contribution in [0.25, 0.3) is 0 Å². The van der Waals surface area contributed by atoms with E-state index in [0.29, 0.717) is 19.0 Å². The number of nitrogens with one attached hydrogen (secondary N) is 3. The van der Waals surface area contributed by atoms with E-state index in [-0.39, 0.29) is 0 Å². The summed E-state index contributed by atoms with van der Waals surface area (Å²) >= 11 is 3.41. The van der Waals surface area contributed by atoms with Gasteiger partial charge in [0, 0.05) is 22.3 Å². The molecule has 144 valence electrons. The lowest BCUT2D eigenvalue weighted by Crippen LogP contribution is -2.38. The zero-order chi connectivity index (χ0) is 19.6. The second-order valence-electron chi connectivity index (χ2n) is 6.30. The lowest BCUT2D eigenvalue weighted by Gasteiger charge is -2.09.